The van der Waals surface area contributed by atoms with Crippen molar-refractivity contribution in [3.05, 3.63) is 27.9 Å². The molecule has 0 aliphatic carbocycles. The molecule has 1 aromatic heterocycles. The van der Waals surface area contributed by atoms with Gasteiger partial charge in [-0.2, -0.15) is 0 Å². The van der Waals surface area contributed by atoms with Crippen molar-refractivity contribution in [2.45, 2.75) is 19.9 Å². The summed E-state index contributed by atoms with van der Waals surface area (Å²) in [6.45, 7) is 4.25. The Morgan fingerprint density at radius 1 is 1.59 bits per heavy atom. The smallest absolute Gasteiger partial charge is 0.321 e. The molecule has 94 valence electrons. The third kappa shape index (κ3) is 3.56. The second kappa shape index (κ2) is 5.44. The van der Waals surface area contributed by atoms with Gasteiger partial charge in [-0.3, -0.25) is 4.79 Å². The zero-order valence-electron chi connectivity index (χ0n) is 9.77. The summed E-state index contributed by atoms with van der Waals surface area (Å²) in [5.41, 5.74) is 5.92. The lowest BCUT2D eigenvalue weighted by molar-refractivity contribution is -0.389. The van der Waals surface area contributed by atoms with Gasteiger partial charge in [0.25, 0.3) is 5.91 Å². The van der Waals surface area contributed by atoms with Crippen LogP contribution in [0.4, 0.5) is 5.82 Å². The number of H-pyrrole nitrogens is 1. The molecule has 0 aromatic carbocycles. The molecule has 7 nitrogen and oxygen atoms in total. The summed E-state index contributed by atoms with van der Waals surface area (Å²) < 4.78 is 0. The number of amides is 1. The van der Waals surface area contributed by atoms with Gasteiger partial charge in [0.1, 0.15) is 0 Å². The Labute approximate surface area is 98.5 Å². The molecule has 0 fully saturated rings. The molecule has 0 bridgehead atoms. The van der Waals surface area contributed by atoms with Gasteiger partial charge in [-0.1, -0.05) is 13.8 Å². The predicted molar refractivity (Wildman–Crippen MR) is 62.6 cm³/mol. The minimum atomic E-state index is -0.587. The molecular weight excluding hydrogens is 224 g/mol. The molecule has 4 N–H and O–H groups in total. The molecule has 0 spiro atoms. The molecule has 1 aromatic rings. The molecule has 0 saturated heterocycles. The quantitative estimate of drug-likeness (QED) is 0.517. The highest BCUT2D eigenvalue weighted by atomic mass is 16.6. The van der Waals surface area contributed by atoms with Crippen molar-refractivity contribution in [2.24, 2.45) is 11.7 Å². The Morgan fingerprint density at radius 3 is 2.71 bits per heavy atom. The van der Waals surface area contributed by atoms with E-state index < -0.39 is 10.8 Å². The van der Waals surface area contributed by atoms with Crippen LogP contribution in [0.15, 0.2) is 12.1 Å². The molecule has 1 atom stereocenters. The van der Waals surface area contributed by atoms with E-state index in [9.17, 15) is 14.9 Å². The van der Waals surface area contributed by atoms with Crippen LogP contribution in [0.25, 0.3) is 0 Å². The van der Waals surface area contributed by atoms with Crippen molar-refractivity contribution in [3.63, 3.8) is 0 Å². The highest BCUT2D eigenvalue weighted by Crippen LogP contribution is 2.09. The van der Waals surface area contributed by atoms with Crippen LogP contribution in [0, 0.1) is 16.0 Å². The van der Waals surface area contributed by atoms with E-state index in [2.05, 4.69) is 10.3 Å². The van der Waals surface area contributed by atoms with Crippen LogP contribution in [0.1, 0.15) is 24.3 Å². The number of nitrogens with two attached hydrogens (primary N) is 1. The number of rotatable bonds is 5. The SMILES string of the molecule is CC(C)C(N)CNC(=O)c1ccc([N+](=O)[O-])[nH]1. The van der Waals surface area contributed by atoms with Crippen molar-refractivity contribution < 1.29 is 9.72 Å². The number of nitro groups is 1. The summed E-state index contributed by atoms with van der Waals surface area (Å²) in [7, 11) is 0. The van der Waals surface area contributed by atoms with E-state index in [0.717, 1.165) is 0 Å². The minimum absolute atomic E-state index is 0.135. The van der Waals surface area contributed by atoms with Gasteiger partial charge in [-0.25, -0.2) is 4.98 Å². The highest BCUT2D eigenvalue weighted by Gasteiger charge is 2.16. The maximum atomic E-state index is 11.6. The summed E-state index contributed by atoms with van der Waals surface area (Å²) in [5, 5.41) is 13.0. The Balaban J connectivity index is 2.55. The molecule has 17 heavy (non-hydrogen) atoms. The number of aromatic nitrogens is 1. The minimum Gasteiger partial charge on any atom is -0.358 e. The van der Waals surface area contributed by atoms with Crippen LogP contribution in [0.2, 0.25) is 0 Å². The molecule has 7 heteroatoms. The molecule has 1 unspecified atom stereocenters. The van der Waals surface area contributed by atoms with E-state index >= 15 is 0 Å². The van der Waals surface area contributed by atoms with E-state index in [0.29, 0.717) is 6.54 Å². The molecule has 1 amide bonds. The van der Waals surface area contributed by atoms with Crippen molar-refractivity contribution >= 4 is 11.7 Å². The maximum Gasteiger partial charge on any atom is 0.321 e. The van der Waals surface area contributed by atoms with Gasteiger partial charge in [0.2, 0.25) is 0 Å². The topological polar surface area (TPSA) is 114 Å². The number of nitrogens with zero attached hydrogens (tertiary/aromatic N) is 1. The highest BCUT2D eigenvalue weighted by molar-refractivity contribution is 5.92. The average Bonchev–Trinajstić information content (AvgIpc) is 2.74. The standard InChI is InChI=1S/C10H16N4O3/c1-6(2)7(11)5-12-10(15)8-3-4-9(13-8)14(16)17/h3-4,6-7,13H,5,11H2,1-2H3,(H,12,15). The molecule has 0 aliphatic heterocycles. The third-order valence-electron chi connectivity index (χ3n) is 2.47. The molecule has 1 rings (SSSR count). The zero-order valence-corrected chi connectivity index (χ0v) is 9.77. The molecule has 0 radical (unpaired) electrons. The summed E-state index contributed by atoms with van der Waals surface area (Å²) in [5.74, 6) is -0.342. The summed E-state index contributed by atoms with van der Waals surface area (Å²) in [6, 6.07) is 2.48. The fourth-order valence-corrected chi connectivity index (χ4v) is 1.16. The number of hydrogen-bond acceptors (Lipinski definition) is 4. The number of carbonyl (C=O) groups is 1. The fourth-order valence-electron chi connectivity index (χ4n) is 1.16. The first-order valence-electron chi connectivity index (χ1n) is 5.29. The Hall–Kier alpha value is -1.89. The van der Waals surface area contributed by atoms with Crippen molar-refractivity contribution in [3.8, 4) is 0 Å². The maximum absolute atomic E-state index is 11.6. The Bertz CT molecular complexity index is 413. The van der Waals surface area contributed by atoms with Crippen LogP contribution < -0.4 is 11.1 Å². The number of carbonyl (C=O) groups excluding carboxylic acids is 1. The lowest BCUT2D eigenvalue weighted by Crippen LogP contribution is -2.40. The van der Waals surface area contributed by atoms with Gasteiger partial charge in [0.05, 0.1) is 0 Å². The van der Waals surface area contributed by atoms with Crippen molar-refractivity contribution in [2.75, 3.05) is 6.54 Å². The first kappa shape index (κ1) is 13.2. The van der Waals surface area contributed by atoms with Gasteiger partial charge in [-0.15, -0.1) is 0 Å². The van der Waals surface area contributed by atoms with Crippen LogP contribution in [0.3, 0.4) is 0 Å². The molecular formula is C10H16N4O3. The van der Waals surface area contributed by atoms with Crippen LogP contribution in [0.5, 0.6) is 0 Å². The van der Waals surface area contributed by atoms with Crippen molar-refractivity contribution in [1.82, 2.24) is 10.3 Å². The Morgan fingerprint density at radius 2 is 2.24 bits per heavy atom. The zero-order chi connectivity index (χ0) is 13.0. The monoisotopic (exact) mass is 240 g/mol. The summed E-state index contributed by atoms with van der Waals surface area (Å²) >= 11 is 0. The molecule has 0 aliphatic rings. The number of aromatic amines is 1. The van der Waals surface area contributed by atoms with E-state index in [4.69, 9.17) is 5.73 Å². The number of hydrogen-bond donors (Lipinski definition) is 3. The van der Waals surface area contributed by atoms with Gasteiger partial charge >= 0.3 is 5.82 Å². The van der Waals surface area contributed by atoms with Gasteiger partial charge in [0.15, 0.2) is 5.69 Å². The van der Waals surface area contributed by atoms with Gasteiger partial charge < -0.3 is 21.2 Å². The summed E-state index contributed by atoms with van der Waals surface area (Å²) in [4.78, 5) is 23.8. The summed E-state index contributed by atoms with van der Waals surface area (Å²) in [6.07, 6.45) is 0. The normalized spacial score (nSPS) is 12.5. The van der Waals surface area contributed by atoms with Gasteiger partial charge in [-0.05, 0) is 16.9 Å². The van der Waals surface area contributed by atoms with E-state index in [1.165, 1.54) is 12.1 Å². The van der Waals surface area contributed by atoms with Crippen molar-refractivity contribution in [1.29, 1.82) is 0 Å². The van der Waals surface area contributed by atoms with Crippen LogP contribution in [-0.2, 0) is 0 Å². The third-order valence-corrected chi connectivity index (χ3v) is 2.47. The first-order chi connectivity index (χ1) is 7.91. The van der Waals surface area contributed by atoms with E-state index in [1.807, 2.05) is 13.8 Å². The first-order valence-corrected chi connectivity index (χ1v) is 5.29. The molecule has 1 heterocycles. The number of nitrogens with one attached hydrogen (secondary N) is 2. The van der Waals surface area contributed by atoms with E-state index in [-0.39, 0.29) is 23.5 Å². The van der Waals surface area contributed by atoms with Crippen LogP contribution >= 0.6 is 0 Å². The lowest BCUT2D eigenvalue weighted by atomic mass is 10.1. The second-order valence-electron chi connectivity index (χ2n) is 4.13. The van der Waals surface area contributed by atoms with Crippen LogP contribution in [-0.4, -0.2) is 28.4 Å². The average molecular weight is 240 g/mol. The van der Waals surface area contributed by atoms with Gasteiger partial charge in [0, 0.05) is 18.7 Å². The molecule has 0 saturated carbocycles. The van der Waals surface area contributed by atoms with E-state index in [1.54, 1.807) is 0 Å². The largest absolute Gasteiger partial charge is 0.358 e. The predicted octanol–water partition coefficient (Wildman–Crippen LogP) is 0.636. The fraction of sp³-hybridized carbons (Fsp3) is 0.500. The lowest BCUT2D eigenvalue weighted by Gasteiger charge is -2.15. The second-order valence-corrected chi connectivity index (χ2v) is 4.13. The Kier molecular flexibility index (Phi) is 4.22.